The highest BCUT2D eigenvalue weighted by atomic mass is 16.2. The van der Waals surface area contributed by atoms with E-state index in [-0.39, 0.29) is 11.9 Å². The number of rotatable bonds is 8. The Hall–Kier alpha value is -1.88. The van der Waals surface area contributed by atoms with E-state index < -0.39 is 11.9 Å². The van der Waals surface area contributed by atoms with Gasteiger partial charge in [0.25, 0.3) is 0 Å². The molecule has 0 aliphatic rings. The third-order valence-electron chi connectivity index (χ3n) is 3.31. The van der Waals surface area contributed by atoms with Crippen molar-refractivity contribution in [1.29, 1.82) is 0 Å². The molecular weight excluding hydrogens is 266 g/mol. The molecule has 0 fully saturated rings. The summed E-state index contributed by atoms with van der Waals surface area (Å²) in [4.78, 5) is 23.8. The number of primary amides is 1. The van der Waals surface area contributed by atoms with Crippen molar-refractivity contribution < 1.29 is 9.59 Å². The predicted octanol–water partition coefficient (Wildman–Crippen LogP) is 0.833. The standard InChI is InChI=1S/C16H25N3O2/c1-11(2)9-14(18-3)16(21)19-13(15(17)20)10-12-7-5-4-6-8-12/h4-8,11,13-14,18H,9-10H2,1-3H3,(H2,17,20)(H,19,21)/t13-,14-/m0/s1. The third kappa shape index (κ3) is 5.95. The van der Waals surface area contributed by atoms with Crippen LogP contribution in [0.4, 0.5) is 0 Å². The summed E-state index contributed by atoms with van der Waals surface area (Å²) < 4.78 is 0. The summed E-state index contributed by atoms with van der Waals surface area (Å²) in [5, 5.41) is 5.72. The molecule has 116 valence electrons. The van der Waals surface area contributed by atoms with E-state index in [1.807, 2.05) is 44.2 Å². The first kappa shape index (κ1) is 17.2. The van der Waals surface area contributed by atoms with Gasteiger partial charge in [-0.3, -0.25) is 9.59 Å². The molecule has 0 saturated carbocycles. The molecule has 1 aromatic rings. The average Bonchev–Trinajstić information content (AvgIpc) is 2.44. The lowest BCUT2D eigenvalue weighted by Crippen LogP contribution is -2.52. The zero-order valence-electron chi connectivity index (χ0n) is 12.9. The normalized spacial score (nSPS) is 13.7. The fraction of sp³-hybridized carbons (Fsp3) is 0.500. The van der Waals surface area contributed by atoms with Crippen molar-refractivity contribution in [2.45, 2.75) is 38.8 Å². The smallest absolute Gasteiger partial charge is 0.240 e. The fourth-order valence-corrected chi connectivity index (χ4v) is 2.17. The Morgan fingerprint density at radius 2 is 1.76 bits per heavy atom. The van der Waals surface area contributed by atoms with Crippen molar-refractivity contribution in [1.82, 2.24) is 10.6 Å². The van der Waals surface area contributed by atoms with Crippen LogP contribution < -0.4 is 16.4 Å². The second-order valence-corrected chi connectivity index (χ2v) is 5.62. The summed E-state index contributed by atoms with van der Waals surface area (Å²) in [6, 6.07) is 8.50. The molecule has 0 bridgehead atoms. The van der Waals surface area contributed by atoms with Crippen molar-refractivity contribution >= 4 is 11.8 Å². The molecule has 1 aromatic carbocycles. The molecular formula is C16H25N3O2. The topological polar surface area (TPSA) is 84.2 Å². The van der Waals surface area contributed by atoms with Gasteiger partial charge in [-0.2, -0.15) is 0 Å². The van der Waals surface area contributed by atoms with Crippen molar-refractivity contribution in [3.8, 4) is 0 Å². The number of hydrogen-bond donors (Lipinski definition) is 3. The summed E-state index contributed by atoms with van der Waals surface area (Å²) in [7, 11) is 1.74. The Kier molecular flexibility index (Phi) is 6.88. The van der Waals surface area contributed by atoms with Crippen molar-refractivity contribution in [3.05, 3.63) is 35.9 Å². The van der Waals surface area contributed by atoms with Crippen molar-refractivity contribution in [3.63, 3.8) is 0 Å². The van der Waals surface area contributed by atoms with E-state index in [9.17, 15) is 9.59 Å². The number of amides is 2. The lowest BCUT2D eigenvalue weighted by molar-refractivity contribution is -0.128. The van der Waals surface area contributed by atoms with Gasteiger partial charge in [-0.15, -0.1) is 0 Å². The minimum atomic E-state index is -0.692. The van der Waals surface area contributed by atoms with Crippen LogP contribution >= 0.6 is 0 Å². The summed E-state index contributed by atoms with van der Waals surface area (Å²) in [6.45, 7) is 4.10. The van der Waals surface area contributed by atoms with Crippen LogP contribution in [0.1, 0.15) is 25.8 Å². The average molecular weight is 291 g/mol. The summed E-state index contributed by atoms with van der Waals surface area (Å²) in [6.07, 6.45) is 1.11. The predicted molar refractivity (Wildman–Crippen MR) is 83.6 cm³/mol. The lowest BCUT2D eigenvalue weighted by Gasteiger charge is -2.22. The van der Waals surface area contributed by atoms with Gasteiger partial charge in [-0.1, -0.05) is 44.2 Å². The number of nitrogens with two attached hydrogens (primary N) is 1. The van der Waals surface area contributed by atoms with Gasteiger partial charge in [0.1, 0.15) is 6.04 Å². The molecule has 0 radical (unpaired) electrons. The number of hydrogen-bond acceptors (Lipinski definition) is 3. The molecule has 21 heavy (non-hydrogen) atoms. The first-order valence-electron chi connectivity index (χ1n) is 7.25. The summed E-state index contributed by atoms with van der Waals surface area (Å²) in [5.41, 5.74) is 6.37. The zero-order valence-corrected chi connectivity index (χ0v) is 12.9. The summed E-state index contributed by atoms with van der Waals surface area (Å²) >= 11 is 0. The van der Waals surface area contributed by atoms with Crippen LogP contribution in [0.2, 0.25) is 0 Å². The van der Waals surface area contributed by atoms with Gasteiger partial charge in [-0.25, -0.2) is 0 Å². The molecule has 0 heterocycles. The first-order chi connectivity index (χ1) is 9.93. The minimum Gasteiger partial charge on any atom is -0.368 e. The molecule has 2 atom stereocenters. The monoisotopic (exact) mass is 291 g/mol. The molecule has 0 aliphatic heterocycles. The molecule has 5 nitrogen and oxygen atoms in total. The van der Waals surface area contributed by atoms with Crippen LogP contribution in [0.25, 0.3) is 0 Å². The number of nitrogens with one attached hydrogen (secondary N) is 2. The van der Waals surface area contributed by atoms with E-state index in [0.717, 1.165) is 5.56 Å². The van der Waals surface area contributed by atoms with Crippen LogP contribution in [0.5, 0.6) is 0 Å². The maximum absolute atomic E-state index is 12.2. The Morgan fingerprint density at radius 3 is 2.24 bits per heavy atom. The van der Waals surface area contributed by atoms with Crippen molar-refractivity contribution in [2.24, 2.45) is 11.7 Å². The second-order valence-electron chi connectivity index (χ2n) is 5.62. The maximum Gasteiger partial charge on any atom is 0.240 e. The van der Waals surface area contributed by atoms with E-state index in [1.54, 1.807) is 7.05 Å². The van der Waals surface area contributed by atoms with E-state index in [2.05, 4.69) is 10.6 Å². The van der Waals surface area contributed by atoms with Gasteiger partial charge in [0.05, 0.1) is 6.04 Å². The quantitative estimate of drug-likeness (QED) is 0.663. The highest BCUT2D eigenvalue weighted by molar-refractivity contribution is 5.89. The number of carbonyl (C=O) groups is 2. The van der Waals surface area contributed by atoms with Gasteiger partial charge < -0.3 is 16.4 Å². The van der Waals surface area contributed by atoms with E-state index in [1.165, 1.54) is 0 Å². The lowest BCUT2D eigenvalue weighted by atomic mass is 10.0. The molecule has 0 aliphatic carbocycles. The van der Waals surface area contributed by atoms with E-state index in [0.29, 0.717) is 18.8 Å². The Bertz CT molecular complexity index is 460. The largest absolute Gasteiger partial charge is 0.368 e. The number of benzene rings is 1. The molecule has 2 amide bonds. The molecule has 0 saturated heterocycles. The highest BCUT2D eigenvalue weighted by Gasteiger charge is 2.23. The fourth-order valence-electron chi connectivity index (χ4n) is 2.17. The summed E-state index contributed by atoms with van der Waals surface area (Å²) in [5.74, 6) is -0.327. The van der Waals surface area contributed by atoms with E-state index >= 15 is 0 Å². The van der Waals surface area contributed by atoms with Crippen molar-refractivity contribution in [2.75, 3.05) is 7.05 Å². The molecule has 0 unspecified atom stereocenters. The highest BCUT2D eigenvalue weighted by Crippen LogP contribution is 2.07. The van der Waals surface area contributed by atoms with Gasteiger partial charge in [-0.05, 0) is 24.9 Å². The van der Waals surface area contributed by atoms with Gasteiger partial charge >= 0.3 is 0 Å². The molecule has 5 heteroatoms. The van der Waals surface area contributed by atoms with Crippen LogP contribution in [-0.4, -0.2) is 30.9 Å². The Balaban J connectivity index is 2.69. The number of carbonyl (C=O) groups excluding carboxylic acids is 2. The van der Waals surface area contributed by atoms with Crippen LogP contribution in [0.3, 0.4) is 0 Å². The van der Waals surface area contributed by atoms with Gasteiger partial charge in [0.15, 0.2) is 0 Å². The molecule has 4 N–H and O–H groups in total. The van der Waals surface area contributed by atoms with E-state index in [4.69, 9.17) is 5.73 Å². The SMILES string of the molecule is CN[C@@H](CC(C)C)C(=O)N[C@@H](Cc1ccccc1)C(N)=O. The minimum absolute atomic E-state index is 0.189. The van der Waals surface area contributed by atoms with Crippen LogP contribution in [0.15, 0.2) is 30.3 Å². The molecule has 1 rings (SSSR count). The van der Waals surface area contributed by atoms with Crippen LogP contribution in [-0.2, 0) is 16.0 Å². The Labute approximate surface area is 126 Å². The maximum atomic E-state index is 12.2. The third-order valence-corrected chi connectivity index (χ3v) is 3.31. The zero-order chi connectivity index (χ0) is 15.8. The first-order valence-corrected chi connectivity index (χ1v) is 7.25. The number of likely N-dealkylation sites (N-methyl/N-ethyl adjacent to an activating group) is 1. The van der Waals surface area contributed by atoms with Gasteiger partial charge in [0, 0.05) is 6.42 Å². The van der Waals surface area contributed by atoms with Gasteiger partial charge in [0.2, 0.25) is 11.8 Å². The molecule has 0 spiro atoms. The second kappa shape index (κ2) is 8.42. The Morgan fingerprint density at radius 1 is 1.14 bits per heavy atom. The molecule has 0 aromatic heterocycles. The van der Waals surface area contributed by atoms with Crippen LogP contribution in [0, 0.1) is 5.92 Å².